The highest BCUT2D eigenvalue weighted by Crippen LogP contribution is 2.22. The molecule has 2 N–H and O–H groups in total. The van der Waals surface area contributed by atoms with Gasteiger partial charge in [-0.2, -0.15) is 0 Å². The van der Waals surface area contributed by atoms with Crippen molar-refractivity contribution in [3.8, 4) is 0 Å². The number of aromatic nitrogens is 2. The van der Waals surface area contributed by atoms with Gasteiger partial charge in [-0.15, -0.1) is 0 Å². The maximum atomic E-state index is 5.83. The second kappa shape index (κ2) is 5.45. The molecule has 0 aromatic carbocycles. The molecule has 2 heterocycles. The lowest BCUT2D eigenvalue weighted by atomic mass is 10.0. The number of anilines is 1. The molecule has 1 aromatic rings. The molecule has 1 atom stereocenters. The van der Waals surface area contributed by atoms with Crippen molar-refractivity contribution in [3.05, 3.63) is 18.0 Å². The van der Waals surface area contributed by atoms with Crippen LogP contribution in [0.2, 0.25) is 0 Å². The summed E-state index contributed by atoms with van der Waals surface area (Å²) in [5.41, 5.74) is 6.94. The number of piperidine rings is 1. The van der Waals surface area contributed by atoms with Crippen molar-refractivity contribution in [2.45, 2.75) is 45.1 Å². The highest BCUT2D eigenvalue weighted by Gasteiger charge is 2.23. The van der Waals surface area contributed by atoms with Gasteiger partial charge in [0.15, 0.2) is 0 Å². The van der Waals surface area contributed by atoms with Crippen LogP contribution in [0.4, 0.5) is 5.95 Å². The molecule has 17 heavy (non-hydrogen) atoms. The van der Waals surface area contributed by atoms with Gasteiger partial charge in [0, 0.05) is 31.0 Å². The van der Waals surface area contributed by atoms with Crippen molar-refractivity contribution < 1.29 is 0 Å². The van der Waals surface area contributed by atoms with Crippen LogP contribution in [0, 0.1) is 0 Å². The van der Waals surface area contributed by atoms with Crippen LogP contribution >= 0.6 is 0 Å². The number of rotatable bonds is 3. The zero-order valence-electron chi connectivity index (χ0n) is 10.8. The van der Waals surface area contributed by atoms with Crippen LogP contribution in [-0.2, 0) is 0 Å². The quantitative estimate of drug-likeness (QED) is 0.868. The first-order chi connectivity index (χ1) is 8.22. The van der Waals surface area contributed by atoms with Crippen molar-refractivity contribution in [2.24, 2.45) is 5.73 Å². The molecule has 0 aliphatic carbocycles. The Morgan fingerprint density at radius 1 is 1.47 bits per heavy atom. The van der Waals surface area contributed by atoms with Gasteiger partial charge < -0.3 is 10.6 Å². The summed E-state index contributed by atoms with van der Waals surface area (Å²) in [7, 11) is 0. The van der Waals surface area contributed by atoms with Gasteiger partial charge in [-0.1, -0.05) is 13.8 Å². The van der Waals surface area contributed by atoms with E-state index in [1.54, 1.807) is 0 Å². The van der Waals surface area contributed by atoms with E-state index in [0.29, 0.717) is 18.5 Å². The number of hydrogen-bond acceptors (Lipinski definition) is 4. The summed E-state index contributed by atoms with van der Waals surface area (Å²) in [4.78, 5) is 11.3. The van der Waals surface area contributed by atoms with Gasteiger partial charge in [0.2, 0.25) is 5.95 Å². The van der Waals surface area contributed by atoms with Crippen LogP contribution in [0.3, 0.4) is 0 Å². The Labute approximate surface area is 103 Å². The average molecular weight is 234 g/mol. The van der Waals surface area contributed by atoms with E-state index in [-0.39, 0.29) is 0 Å². The molecule has 0 spiro atoms. The summed E-state index contributed by atoms with van der Waals surface area (Å²) in [6, 6.07) is 2.40. The Morgan fingerprint density at radius 3 is 3.00 bits per heavy atom. The van der Waals surface area contributed by atoms with E-state index in [0.717, 1.165) is 24.6 Å². The van der Waals surface area contributed by atoms with Crippen molar-refractivity contribution in [2.75, 3.05) is 18.0 Å². The molecule has 1 unspecified atom stereocenters. The van der Waals surface area contributed by atoms with Crippen molar-refractivity contribution in [3.63, 3.8) is 0 Å². The Bertz CT molecular complexity index is 364. The zero-order valence-corrected chi connectivity index (χ0v) is 10.8. The average Bonchev–Trinajstić information content (AvgIpc) is 2.39. The predicted molar refractivity (Wildman–Crippen MR) is 70.2 cm³/mol. The maximum absolute atomic E-state index is 5.83. The molecule has 0 amide bonds. The van der Waals surface area contributed by atoms with Crippen LogP contribution in [-0.4, -0.2) is 29.1 Å². The monoisotopic (exact) mass is 234 g/mol. The summed E-state index contributed by atoms with van der Waals surface area (Å²) in [6.45, 7) is 6.03. The lowest BCUT2D eigenvalue weighted by molar-refractivity contribution is 0.457. The first kappa shape index (κ1) is 12.3. The fourth-order valence-electron chi connectivity index (χ4n) is 2.33. The fourth-order valence-corrected chi connectivity index (χ4v) is 2.33. The maximum Gasteiger partial charge on any atom is 0.225 e. The molecular weight excluding hydrogens is 212 g/mol. The summed E-state index contributed by atoms with van der Waals surface area (Å²) in [5.74, 6) is 1.30. The molecular formula is C13H22N4. The van der Waals surface area contributed by atoms with E-state index in [9.17, 15) is 0 Å². The highest BCUT2D eigenvalue weighted by atomic mass is 15.3. The summed E-state index contributed by atoms with van der Waals surface area (Å²) in [6.07, 6.45) is 5.50. The van der Waals surface area contributed by atoms with E-state index in [4.69, 9.17) is 5.73 Å². The van der Waals surface area contributed by atoms with Crippen LogP contribution in [0.15, 0.2) is 12.3 Å². The molecule has 1 saturated heterocycles. The van der Waals surface area contributed by atoms with E-state index >= 15 is 0 Å². The van der Waals surface area contributed by atoms with Gasteiger partial charge in [0.1, 0.15) is 0 Å². The van der Waals surface area contributed by atoms with E-state index in [2.05, 4.69) is 28.7 Å². The second-order valence-corrected chi connectivity index (χ2v) is 5.01. The SMILES string of the molecule is CC(C)c1ccnc(N2CCCCC2CN)n1. The molecule has 4 nitrogen and oxygen atoms in total. The van der Waals surface area contributed by atoms with Gasteiger partial charge >= 0.3 is 0 Å². The molecule has 4 heteroatoms. The number of nitrogens with two attached hydrogens (primary N) is 1. The molecule has 0 bridgehead atoms. The fraction of sp³-hybridized carbons (Fsp3) is 0.692. The normalized spacial score (nSPS) is 20.9. The molecule has 0 saturated carbocycles. The third-order valence-electron chi connectivity index (χ3n) is 3.41. The Kier molecular flexibility index (Phi) is 3.94. The third-order valence-corrected chi connectivity index (χ3v) is 3.41. The Hall–Kier alpha value is -1.16. The minimum Gasteiger partial charge on any atom is -0.337 e. The molecule has 1 aliphatic heterocycles. The molecule has 2 rings (SSSR count). The second-order valence-electron chi connectivity index (χ2n) is 5.01. The van der Waals surface area contributed by atoms with Gasteiger partial charge in [-0.05, 0) is 31.2 Å². The van der Waals surface area contributed by atoms with E-state index < -0.39 is 0 Å². The van der Waals surface area contributed by atoms with Crippen LogP contribution in [0.1, 0.15) is 44.7 Å². The number of hydrogen-bond donors (Lipinski definition) is 1. The molecule has 1 aromatic heterocycles. The minimum absolute atomic E-state index is 0.408. The van der Waals surface area contributed by atoms with Gasteiger partial charge in [-0.3, -0.25) is 0 Å². The molecule has 0 radical (unpaired) electrons. The Morgan fingerprint density at radius 2 is 2.29 bits per heavy atom. The third kappa shape index (κ3) is 2.75. The zero-order chi connectivity index (χ0) is 12.3. The van der Waals surface area contributed by atoms with Crippen LogP contribution in [0.5, 0.6) is 0 Å². The minimum atomic E-state index is 0.408. The van der Waals surface area contributed by atoms with Crippen LogP contribution in [0.25, 0.3) is 0 Å². The van der Waals surface area contributed by atoms with E-state index in [1.165, 1.54) is 12.8 Å². The first-order valence-electron chi connectivity index (χ1n) is 6.52. The van der Waals surface area contributed by atoms with Crippen molar-refractivity contribution in [1.82, 2.24) is 9.97 Å². The molecule has 94 valence electrons. The summed E-state index contributed by atoms with van der Waals surface area (Å²) >= 11 is 0. The predicted octanol–water partition coefficient (Wildman–Crippen LogP) is 1.92. The number of nitrogens with zero attached hydrogens (tertiary/aromatic N) is 3. The topological polar surface area (TPSA) is 55.0 Å². The van der Waals surface area contributed by atoms with Crippen molar-refractivity contribution >= 4 is 5.95 Å². The molecule has 1 aliphatic rings. The van der Waals surface area contributed by atoms with Gasteiger partial charge in [-0.25, -0.2) is 9.97 Å². The summed E-state index contributed by atoms with van der Waals surface area (Å²) in [5, 5.41) is 0. The van der Waals surface area contributed by atoms with Crippen molar-refractivity contribution in [1.29, 1.82) is 0 Å². The standard InChI is InChI=1S/C13H22N4/c1-10(2)12-6-7-15-13(16-12)17-8-4-3-5-11(17)9-14/h6-7,10-11H,3-5,8-9,14H2,1-2H3. The lowest BCUT2D eigenvalue weighted by Crippen LogP contribution is -2.45. The smallest absolute Gasteiger partial charge is 0.225 e. The van der Waals surface area contributed by atoms with E-state index in [1.807, 2.05) is 12.3 Å². The largest absolute Gasteiger partial charge is 0.337 e. The van der Waals surface area contributed by atoms with Gasteiger partial charge in [0.05, 0.1) is 0 Å². The Balaban J connectivity index is 2.22. The summed E-state index contributed by atoms with van der Waals surface area (Å²) < 4.78 is 0. The van der Waals surface area contributed by atoms with Crippen LogP contribution < -0.4 is 10.6 Å². The van der Waals surface area contributed by atoms with Gasteiger partial charge in [0.25, 0.3) is 0 Å². The molecule has 1 fully saturated rings. The lowest BCUT2D eigenvalue weighted by Gasteiger charge is -2.35. The first-order valence-corrected chi connectivity index (χ1v) is 6.52. The highest BCUT2D eigenvalue weighted by molar-refractivity contribution is 5.33.